The molecule has 0 aliphatic rings. The number of halogens is 4. The number of benzene rings is 2. The highest BCUT2D eigenvalue weighted by atomic mass is 19.4. The van der Waals surface area contributed by atoms with Crippen molar-refractivity contribution in [1.29, 1.82) is 0 Å². The van der Waals surface area contributed by atoms with Crippen molar-refractivity contribution in [3.63, 3.8) is 0 Å². The van der Waals surface area contributed by atoms with Gasteiger partial charge in [-0.25, -0.2) is 14.4 Å². The van der Waals surface area contributed by atoms with Gasteiger partial charge in [-0.05, 0) is 63.6 Å². The molecule has 1 atom stereocenters. The summed E-state index contributed by atoms with van der Waals surface area (Å²) >= 11 is 0. The van der Waals surface area contributed by atoms with Crippen LogP contribution in [-0.2, 0) is 22.3 Å². The van der Waals surface area contributed by atoms with E-state index in [-0.39, 0.29) is 58.3 Å². The first kappa shape index (κ1) is 32.4. The molecule has 2 heterocycles. The van der Waals surface area contributed by atoms with Gasteiger partial charge in [0.1, 0.15) is 28.8 Å². The third-order valence-electron chi connectivity index (χ3n) is 6.45. The summed E-state index contributed by atoms with van der Waals surface area (Å²) in [6.07, 6.45) is -4.70. The summed E-state index contributed by atoms with van der Waals surface area (Å²) < 4.78 is 72.1. The Labute approximate surface area is 251 Å². The number of nitrogens with zero attached hydrogens (tertiary/aromatic N) is 2. The molecular weight excluding hydrogens is 584 g/mol. The molecule has 4 aromatic rings. The molecule has 0 aliphatic heterocycles. The van der Waals surface area contributed by atoms with Crippen LogP contribution in [0.5, 0.6) is 5.75 Å². The maximum atomic E-state index is 14.5. The van der Waals surface area contributed by atoms with E-state index in [0.29, 0.717) is 5.56 Å². The second-order valence-corrected chi connectivity index (χ2v) is 11.1. The van der Waals surface area contributed by atoms with E-state index in [2.05, 4.69) is 20.6 Å². The summed E-state index contributed by atoms with van der Waals surface area (Å²) in [6, 6.07) is 8.54. The van der Waals surface area contributed by atoms with Gasteiger partial charge in [0.15, 0.2) is 11.5 Å². The van der Waals surface area contributed by atoms with Gasteiger partial charge in [-0.3, -0.25) is 9.59 Å². The summed E-state index contributed by atoms with van der Waals surface area (Å²) in [5.74, 6) is -1.81. The summed E-state index contributed by atoms with van der Waals surface area (Å²) in [6.45, 7) is 8.15. The van der Waals surface area contributed by atoms with Crippen LogP contribution in [-0.4, -0.2) is 41.1 Å². The van der Waals surface area contributed by atoms with Crippen LogP contribution >= 0.6 is 0 Å². The van der Waals surface area contributed by atoms with Gasteiger partial charge >= 0.3 is 6.18 Å². The molecule has 0 saturated heterocycles. The molecule has 234 valence electrons. The van der Waals surface area contributed by atoms with Gasteiger partial charge < -0.3 is 24.5 Å². The second-order valence-electron chi connectivity index (χ2n) is 11.1. The number of carbonyl (C=O) groups is 2. The van der Waals surface area contributed by atoms with E-state index in [1.807, 2.05) is 0 Å². The standard InChI is InChI=1S/C31H32F4N4O5/c1-16-7-8-18(21(32)13-16)14-36-28(41)26-27(22(37-17(2)40)15-43-30(3,4)5)44-29(39-26)20-9-11-23(42-6)25-19(20)10-12-24(38-25)31(33,34)35/h7-13,22H,14-15H2,1-6H3,(H,36,41)(H,37,40)/t22-/m0/s1. The Morgan fingerprint density at radius 1 is 1.05 bits per heavy atom. The fourth-order valence-corrected chi connectivity index (χ4v) is 4.36. The lowest BCUT2D eigenvalue weighted by molar-refractivity contribution is -0.141. The lowest BCUT2D eigenvalue weighted by atomic mass is 10.1. The van der Waals surface area contributed by atoms with E-state index < -0.39 is 41.1 Å². The Kier molecular flexibility index (Phi) is 9.28. The topological polar surface area (TPSA) is 116 Å². The average Bonchev–Trinajstić information content (AvgIpc) is 3.38. The number of amides is 2. The van der Waals surface area contributed by atoms with Crippen LogP contribution in [0.25, 0.3) is 22.4 Å². The third-order valence-corrected chi connectivity index (χ3v) is 6.45. The van der Waals surface area contributed by atoms with Crippen LogP contribution in [0, 0.1) is 12.7 Å². The van der Waals surface area contributed by atoms with Crippen molar-refractivity contribution < 1.29 is 41.0 Å². The normalized spacial score (nSPS) is 12.7. The minimum absolute atomic E-state index is 0.0647. The Balaban J connectivity index is 1.84. The Hall–Kier alpha value is -4.52. The second kappa shape index (κ2) is 12.6. The van der Waals surface area contributed by atoms with Crippen molar-refractivity contribution in [2.75, 3.05) is 13.7 Å². The van der Waals surface area contributed by atoms with Gasteiger partial charge in [-0.1, -0.05) is 12.1 Å². The number of aryl methyl sites for hydroxylation is 1. The largest absolute Gasteiger partial charge is 0.494 e. The first-order valence-electron chi connectivity index (χ1n) is 13.6. The number of methoxy groups -OCH3 is 1. The molecule has 9 nitrogen and oxygen atoms in total. The van der Waals surface area contributed by atoms with Crippen molar-refractivity contribution >= 4 is 22.7 Å². The van der Waals surface area contributed by atoms with Crippen LogP contribution in [0.1, 0.15) is 66.8 Å². The molecule has 2 aromatic carbocycles. The van der Waals surface area contributed by atoms with Crippen molar-refractivity contribution in [1.82, 2.24) is 20.6 Å². The molecule has 13 heteroatoms. The SMILES string of the molecule is COc1ccc(-c2nc(C(=O)NCc3ccc(C)cc3F)c([C@H](COC(C)(C)C)NC(C)=O)o2)c2ccc(C(F)(F)F)nc12. The lowest BCUT2D eigenvalue weighted by Crippen LogP contribution is -2.34. The molecule has 2 N–H and O–H groups in total. The fraction of sp³-hybridized carbons (Fsp3) is 0.355. The maximum absolute atomic E-state index is 14.5. The van der Waals surface area contributed by atoms with E-state index in [4.69, 9.17) is 13.9 Å². The number of hydrogen-bond donors (Lipinski definition) is 2. The predicted octanol–water partition coefficient (Wildman–Crippen LogP) is 6.29. The third kappa shape index (κ3) is 7.51. The first-order chi connectivity index (χ1) is 20.6. The number of aromatic nitrogens is 2. The van der Waals surface area contributed by atoms with Crippen LogP contribution in [0.4, 0.5) is 17.6 Å². The van der Waals surface area contributed by atoms with Gasteiger partial charge in [0.2, 0.25) is 11.8 Å². The van der Waals surface area contributed by atoms with E-state index in [0.717, 1.165) is 6.07 Å². The molecule has 0 aliphatic carbocycles. The maximum Gasteiger partial charge on any atom is 0.433 e. The number of pyridine rings is 1. The van der Waals surface area contributed by atoms with Gasteiger partial charge in [-0.15, -0.1) is 0 Å². The van der Waals surface area contributed by atoms with Crippen LogP contribution in [0.3, 0.4) is 0 Å². The zero-order chi connectivity index (χ0) is 32.4. The van der Waals surface area contributed by atoms with E-state index in [1.165, 1.54) is 38.3 Å². The minimum Gasteiger partial charge on any atom is -0.494 e. The molecule has 44 heavy (non-hydrogen) atoms. The minimum atomic E-state index is -4.70. The number of ether oxygens (including phenoxy) is 2. The highest BCUT2D eigenvalue weighted by Gasteiger charge is 2.34. The van der Waals surface area contributed by atoms with Crippen molar-refractivity contribution in [2.24, 2.45) is 0 Å². The molecule has 0 radical (unpaired) electrons. The zero-order valence-corrected chi connectivity index (χ0v) is 25.0. The van der Waals surface area contributed by atoms with E-state index in [9.17, 15) is 27.2 Å². The first-order valence-corrected chi connectivity index (χ1v) is 13.6. The van der Waals surface area contributed by atoms with Crippen LogP contribution in [0.15, 0.2) is 46.9 Å². The zero-order valence-electron chi connectivity index (χ0n) is 25.0. The Morgan fingerprint density at radius 3 is 2.39 bits per heavy atom. The monoisotopic (exact) mass is 616 g/mol. The Morgan fingerprint density at radius 2 is 1.77 bits per heavy atom. The molecule has 2 aromatic heterocycles. The lowest BCUT2D eigenvalue weighted by Gasteiger charge is -2.24. The van der Waals surface area contributed by atoms with E-state index >= 15 is 0 Å². The molecular formula is C31H32F4N4O5. The van der Waals surface area contributed by atoms with Crippen molar-refractivity contribution in [3.8, 4) is 17.2 Å². The van der Waals surface area contributed by atoms with Crippen molar-refractivity contribution in [2.45, 2.75) is 59.0 Å². The number of hydrogen-bond acceptors (Lipinski definition) is 7. The summed E-state index contributed by atoms with van der Waals surface area (Å²) in [4.78, 5) is 33.8. The average molecular weight is 617 g/mol. The fourth-order valence-electron chi connectivity index (χ4n) is 4.36. The molecule has 0 unspecified atom stereocenters. The Bertz CT molecular complexity index is 1700. The van der Waals surface area contributed by atoms with Crippen molar-refractivity contribution in [3.05, 3.63) is 76.6 Å². The number of nitrogens with one attached hydrogen (secondary N) is 2. The van der Waals surface area contributed by atoms with Gasteiger partial charge in [-0.2, -0.15) is 13.2 Å². The number of fused-ring (bicyclic) bond motifs is 1. The molecule has 4 rings (SSSR count). The summed E-state index contributed by atoms with van der Waals surface area (Å²) in [7, 11) is 1.30. The smallest absolute Gasteiger partial charge is 0.433 e. The quantitative estimate of drug-likeness (QED) is 0.213. The highest BCUT2D eigenvalue weighted by molar-refractivity contribution is 5.98. The van der Waals surface area contributed by atoms with Gasteiger partial charge in [0.25, 0.3) is 5.91 Å². The predicted molar refractivity (Wildman–Crippen MR) is 153 cm³/mol. The molecule has 0 saturated carbocycles. The molecule has 2 amide bonds. The highest BCUT2D eigenvalue weighted by Crippen LogP contribution is 2.38. The van der Waals surface area contributed by atoms with Crippen LogP contribution < -0.4 is 15.4 Å². The number of oxazole rings is 1. The van der Waals surface area contributed by atoms with Crippen LogP contribution in [0.2, 0.25) is 0 Å². The van der Waals surface area contributed by atoms with Gasteiger partial charge in [0.05, 0.1) is 19.3 Å². The summed E-state index contributed by atoms with van der Waals surface area (Å²) in [5, 5.41) is 5.54. The number of alkyl halides is 3. The number of rotatable bonds is 9. The van der Waals surface area contributed by atoms with Gasteiger partial charge in [0, 0.05) is 30.0 Å². The molecule has 0 spiro atoms. The van der Waals surface area contributed by atoms with E-state index in [1.54, 1.807) is 39.8 Å². The molecule has 0 fully saturated rings. The molecule has 0 bridgehead atoms. The number of carbonyl (C=O) groups excluding carboxylic acids is 2. The summed E-state index contributed by atoms with van der Waals surface area (Å²) in [5.41, 5.74) is -0.924.